The number of rotatable bonds is 11. The molecule has 3 aromatic rings. The van der Waals surface area contributed by atoms with Crippen molar-refractivity contribution in [2.75, 3.05) is 62.4 Å². The average Bonchev–Trinajstić information content (AvgIpc) is 2.93. The first-order valence-electron chi connectivity index (χ1n) is 14.0. The van der Waals surface area contributed by atoms with Gasteiger partial charge in [-0.3, -0.25) is 19.2 Å². The Bertz CT molecular complexity index is 1560. The van der Waals surface area contributed by atoms with Crippen LogP contribution in [-0.4, -0.2) is 77.3 Å². The van der Waals surface area contributed by atoms with Gasteiger partial charge in [-0.05, 0) is 47.6 Å². The predicted octanol–water partition coefficient (Wildman–Crippen LogP) is 4.44. The highest BCUT2D eigenvalue weighted by atomic mass is 32.2. The van der Waals surface area contributed by atoms with E-state index >= 15 is 0 Å². The van der Waals surface area contributed by atoms with Crippen LogP contribution in [0.1, 0.15) is 43.6 Å². The van der Waals surface area contributed by atoms with Crippen LogP contribution in [0.15, 0.2) is 48.5 Å². The number of ether oxygens (including phenoxy) is 3. The Labute approximate surface area is 247 Å². The molecule has 11 heteroatoms. The number of sulfonamides is 1. The summed E-state index contributed by atoms with van der Waals surface area (Å²) in [4.78, 5) is 29.2. The number of benzene rings is 3. The van der Waals surface area contributed by atoms with Gasteiger partial charge in [-0.2, -0.15) is 0 Å². The van der Waals surface area contributed by atoms with Crippen LogP contribution in [0.5, 0.6) is 11.5 Å². The third kappa shape index (κ3) is 7.78. The lowest BCUT2D eigenvalue weighted by Crippen LogP contribution is -2.38. The first-order chi connectivity index (χ1) is 19.9. The molecule has 226 valence electrons. The van der Waals surface area contributed by atoms with Crippen LogP contribution < -0.4 is 19.5 Å². The summed E-state index contributed by atoms with van der Waals surface area (Å²) in [5.41, 5.74) is 0.947. The summed E-state index contributed by atoms with van der Waals surface area (Å²) in [5, 5.41) is 4.00. The fourth-order valence-electron chi connectivity index (χ4n) is 4.74. The molecule has 0 bridgehead atoms. The summed E-state index contributed by atoms with van der Waals surface area (Å²) in [6.07, 6.45) is 1.04. The second-order valence-electron chi connectivity index (χ2n) is 11.2. The Hall–Kier alpha value is -3.67. The highest BCUT2D eigenvalue weighted by Crippen LogP contribution is 2.39. The lowest BCUT2D eigenvalue weighted by atomic mass is 9.86. The number of nitrogens with one attached hydrogen (secondary N) is 2. The van der Waals surface area contributed by atoms with Crippen molar-refractivity contribution < 1.29 is 32.2 Å². The molecule has 3 aromatic carbocycles. The Morgan fingerprint density at radius 2 is 1.64 bits per heavy atom. The molecule has 1 amide bonds. The molecule has 0 aliphatic carbocycles. The fourth-order valence-corrected chi connectivity index (χ4v) is 5.29. The van der Waals surface area contributed by atoms with Crippen molar-refractivity contribution in [2.45, 2.75) is 33.1 Å². The lowest BCUT2D eigenvalue weighted by molar-refractivity contribution is -0.112. The maximum Gasteiger partial charge on any atom is 0.296 e. The molecule has 1 saturated heterocycles. The Morgan fingerprint density at radius 3 is 2.29 bits per heavy atom. The van der Waals surface area contributed by atoms with Crippen molar-refractivity contribution in [2.24, 2.45) is 0 Å². The highest BCUT2D eigenvalue weighted by molar-refractivity contribution is 7.92. The van der Waals surface area contributed by atoms with E-state index in [2.05, 4.69) is 14.9 Å². The first-order valence-corrected chi connectivity index (χ1v) is 15.9. The van der Waals surface area contributed by atoms with Crippen molar-refractivity contribution in [3.63, 3.8) is 0 Å². The Morgan fingerprint density at radius 1 is 0.976 bits per heavy atom. The maximum absolute atomic E-state index is 13.5. The number of morpholine rings is 1. The Balaban J connectivity index is 1.62. The second kappa shape index (κ2) is 13.1. The van der Waals surface area contributed by atoms with Gasteiger partial charge < -0.3 is 19.5 Å². The van der Waals surface area contributed by atoms with E-state index in [0.29, 0.717) is 31.0 Å². The molecule has 0 spiro atoms. The first kappa shape index (κ1) is 31.3. The van der Waals surface area contributed by atoms with Gasteiger partial charge in [-0.25, -0.2) is 8.42 Å². The molecule has 0 saturated carbocycles. The average molecular weight is 598 g/mol. The predicted molar refractivity (Wildman–Crippen MR) is 164 cm³/mol. The van der Waals surface area contributed by atoms with E-state index in [4.69, 9.17) is 14.2 Å². The number of carbonyl (C=O) groups excluding carboxylic acids is 2. The molecule has 42 heavy (non-hydrogen) atoms. The number of amides is 1. The zero-order valence-electron chi connectivity index (χ0n) is 24.8. The van der Waals surface area contributed by atoms with E-state index in [0.717, 1.165) is 36.8 Å². The van der Waals surface area contributed by atoms with Crippen LogP contribution in [0, 0.1) is 0 Å². The minimum atomic E-state index is -3.66. The van der Waals surface area contributed by atoms with Gasteiger partial charge >= 0.3 is 0 Å². The van der Waals surface area contributed by atoms with Gasteiger partial charge in [-0.1, -0.05) is 45.0 Å². The zero-order valence-corrected chi connectivity index (χ0v) is 25.6. The number of nitrogens with zero attached hydrogens (tertiary/aromatic N) is 1. The van der Waals surface area contributed by atoms with Gasteiger partial charge in [-0.15, -0.1) is 0 Å². The van der Waals surface area contributed by atoms with Crippen LogP contribution in [0.3, 0.4) is 0 Å². The highest BCUT2D eigenvalue weighted by Gasteiger charge is 2.26. The molecule has 1 aliphatic rings. The summed E-state index contributed by atoms with van der Waals surface area (Å²) in [6.45, 7) is 12.2. The standard InChI is InChI=1S/C31H39N3O7S/c1-6-40-29-25(19-21(31(2,3)4)20-26(29)33-42(5,37)38)32-30(36)28(35)24-11-12-27(23-10-8-7-9-22(23)24)41-18-15-34-13-16-39-17-14-34/h7-12,19-20,33H,6,13-18H2,1-5H3,(H,32,36). The van der Waals surface area contributed by atoms with Gasteiger partial charge in [0.05, 0.1) is 37.5 Å². The van der Waals surface area contributed by atoms with Gasteiger partial charge in [0.15, 0.2) is 5.75 Å². The van der Waals surface area contributed by atoms with Gasteiger partial charge in [0, 0.05) is 30.6 Å². The van der Waals surface area contributed by atoms with E-state index in [-0.39, 0.29) is 29.3 Å². The molecule has 10 nitrogen and oxygen atoms in total. The SMILES string of the molecule is CCOc1c(NC(=O)C(=O)c2ccc(OCCN3CCOCC3)c3ccccc23)cc(C(C)(C)C)cc1NS(C)(=O)=O. The topological polar surface area (TPSA) is 123 Å². The molecule has 1 aliphatic heterocycles. The van der Waals surface area contributed by atoms with Gasteiger partial charge in [0.25, 0.3) is 11.7 Å². The summed E-state index contributed by atoms with van der Waals surface area (Å²) >= 11 is 0. The molecule has 0 unspecified atom stereocenters. The van der Waals surface area contributed by atoms with E-state index in [9.17, 15) is 18.0 Å². The number of anilines is 2. The van der Waals surface area contributed by atoms with Crippen molar-refractivity contribution in [1.82, 2.24) is 4.90 Å². The minimum absolute atomic E-state index is 0.131. The van der Waals surface area contributed by atoms with Crippen molar-refractivity contribution in [3.8, 4) is 11.5 Å². The number of hydrogen-bond acceptors (Lipinski definition) is 8. The molecule has 4 rings (SSSR count). The van der Waals surface area contributed by atoms with Crippen molar-refractivity contribution in [1.29, 1.82) is 0 Å². The monoisotopic (exact) mass is 597 g/mol. The van der Waals surface area contributed by atoms with Gasteiger partial charge in [0.2, 0.25) is 10.0 Å². The number of carbonyl (C=O) groups is 2. The molecule has 1 heterocycles. The minimum Gasteiger partial charge on any atom is -0.492 e. The largest absolute Gasteiger partial charge is 0.492 e. The van der Waals surface area contributed by atoms with Crippen LogP contribution in [-0.2, 0) is 25.0 Å². The van der Waals surface area contributed by atoms with Crippen LogP contribution in [0.2, 0.25) is 0 Å². The second-order valence-corrected chi connectivity index (χ2v) is 12.9. The number of Topliss-reactive ketones (excluding diaryl/α,β-unsaturated/α-hetero) is 1. The van der Waals surface area contributed by atoms with E-state index < -0.39 is 27.1 Å². The third-order valence-electron chi connectivity index (χ3n) is 6.89. The maximum atomic E-state index is 13.5. The quantitative estimate of drug-likeness (QED) is 0.246. The molecule has 2 N–H and O–H groups in total. The smallest absolute Gasteiger partial charge is 0.296 e. The van der Waals surface area contributed by atoms with Crippen molar-refractivity contribution in [3.05, 3.63) is 59.7 Å². The number of ketones is 1. The summed E-state index contributed by atoms with van der Waals surface area (Å²) in [6, 6.07) is 14.0. The summed E-state index contributed by atoms with van der Waals surface area (Å²) < 4.78 is 44.0. The number of hydrogen-bond donors (Lipinski definition) is 2. The lowest BCUT2D eigenvalue weighted by Gasteiger charge is -2.26. The van der Waals surface area contributed by atoms with Crippen LogP contribution >= 0.6 is 0 Å². The molecule has 0 radical (unpaired) electrons. The molecule has 1 fully saturated rings. The van der Waals surface area contributed by atoms with Crippen LogP contribution in [0.4, 0.5) is 11.4 Å². The number of fused-ring (bicyclic) bond motifs is 1. The normalized spacial score (nSPS) is 14.4. The fraction of sp³-hybridized carbons (Fsp3) is 0.419. The molecule has 0 atom stereocenters. The van der Waals surface area contributed by atoms with Gasteiger partial charge in [0.1, 0.15) is 12.4 Å². The van der Waals surface area contributed by atoms with E-state index in [1.54, 1.807) is 43.3 Å². The molecule has 0 aromatic heterocycles. The third-order valence-corrected chi connectivity index (χ3v) is 7.48. The summed E-state index contributed by atoms with van der Waals surface area (Å²) in [5.74, 6) is -0.861. The summed E-state index contributed by atoms with van der Waals surface area (Å²) in [7, 11) is -3.66. The molecular weight excluding hydrogens is 558 g/mol. The van der Waals surface area contributed by atoms with E-state index in [1.807, 2.05) is 32.9 Å². The molecular formula is C31H39N3O7S. The Kier molecular flexibility index (Phi) is 9.75. The van der Waals surface area contributed by atoms with Crippen LogP contribution in [0.25, 0.3) is 10.8 Å². The van der Waals surface area contributed by atoms with Crippen molar-refractivity contribution >= 4 is 43.9 Å². The zero-order chi connectivity index (χ0) is 30.5. The van der Waals surface area contributed by atoms with E-state index in [1.165, 1.54) is 0 Å².